The highest BCUT2D eigenvalue weighted by molar-refractivity contribution is 5.74. The lowest BCUT2D eigenvalue weighted by Crippen LogP contribution is -2.02. The monoisotopic (exact) mass is 273 g/mol. The van der Waals surface area contributed by atoms with Gasteiger partial charge in [-0.3, -0.25) is 4.68 Å². The second-order valence-electron chi connectivity index (χ2n) is 5.45. The number of hydrogen-bond acceptors (Lipinski definition) is 4. The van der Waals surface area contributed by atoms with Gasteiger partial charge in [-0.1, -0.05) is 13.8 Å². The van der Waals surface area contributed by atoms with Crippen LogP contribution in [0.1, 0.15) is 20.3 Å². The summed E-state index contributed by atoms with van der Waals surface area (Å²) in [5.41, 5.74) is 8.51. The van der Waals surface area contributed by atoms with Gasteiger partial charge in [-0.25, -0.2) is 0 Å². The molecule has 2 N–H and O–H groups in total. The van der Waals surface area contributed by atoms with Gasteiger partial charge in [0.25, 0.3) is 0 Å². The molecule has 0 saturated carbocycles. The van der Waals surface area contributed by atoms with Gasteiger partial charge in [-0.2, -0.15) is 5.10 Å². The zero-order valence-electron chi connectivity index (χ0n) is 11.8. The van der Waals surface area contributed by atoms with Gasteiger partial charge in [0, 0.05) is 18.3 Å². The molecule has 0 spiro atoms. The number of benzene rings is 1. The van der Waals surface area contributed by atoms with Crippen LogP contribution >= 0.6 is 0 Å². The third-order valence-corrected chi connectivity index (χ3v) is 3.37. The number of nitrogen functional groups attached to an aromatic ring is 1. The summed E-state index contributed by atoms with van der Waals surface area (Å²) in [4.78, 5) is 0. The smallest absolute Gasteiger partial charge is 0.231 e. The number of aromatic nitrogens is 2. The number of fused-ring (bicyclic) bond motifs is 1. The van der Waals surface area contributed by atoms with Crippen molar-refractivity contribution < 1.29 is 9.47 Å². The van der Waals surface area contributed by atoms with Crippen molar-refractivity contribution in [3.05, 3.63) is 24.4 Å². The molecular weight excluding hydrogens is 254 g/mol. The average Bonchev–Trinajstić information content (AvgIpc) is 3.01. The van der Waals surface area contributed by atoms with Gasteiger partial charge < -0.3 is 15.2 Å². The molecule has 1 aromatic heterocycles. The summed E-state index contributed by atoms with van der Waals surface area (Å²) in [6.45, 7) is 5.56. The topological polar surface area (TPSA) is 62.3 Å². The van der Waals surface area contributed by atoms with Gasteiger partial charge in [0.2, 0.25) is 6.79 Å². The summed E-state index contributed by atoms with van der Waals surface area (Å²) in [5, 5.41) is 4.57. The van der Waals surface area contributed by atoms with E-state index in [9.17, 15) is 0 Å². The summed E-state index contributed by atoms with van der Waals surface area (Å²) >= 11 is 0. The maximum absolute atomic E-state index is 6.07. The molecule has 0 fully saturated rings. The first kappa shape index (κ1) is 12.8. The Morgan fingerprint density at radius 1 is 1.30 bits per heavy atom. The molecule has 3 rings (SSSR count). The molecule has 0 unspecified atom stereocenters. The van der Waals surface area contributed by atoms with E-state index in [1.54, 1.807) is 0 Å². The normalized spacial score (nSPS) is 13.2. The minimum absolute atomic E-state index is 0.275. The molecule has 2 aromatic rings. The van der Waals surface area contributed by atoms with E-state index >= 15 is 0 Å². The summed E-state index contributed by atoms with van der Waals surface area (Å²) < 4.78 is 12.6. The Kier molecular flexibility index (Phi) is 3.26. The van der Waals surface area contributed by atoms with Crippen molar-refractivity contribution in [2.45, 2.75) is 26.8 Å². The van der Waals surface area contributed by atoms with E-state index < -0.39 is 0 Å². The van der Waals surface area contributed by atoms with E-state index in [1.165, 1.54) is 0 Å². The molecule has 106 valence electrons. The van der Waals surface area contributed by atoms with Crippen LogP contribution in [0.4, 0.5) is 5.69 Å². The van der Waals surface area contributed by atoms with E-state index in [0.717, 1.165) is 35.7 Å². The van der Waals surface area contributed by atoms with Crippen molar-refractivity contribution >= 4 is 5.69 Å². The molecule has 5 nitrogen and oxygen atoms in total. The molecule has 20 heavy (non-hydrogen) atoms. The predicted octanol–water partition coefficient (Wildman–Crippen LogP) is 2.91. The first-order valence-corrected chi connectivity index (χ1v) is 6.86. The van der Waals surface area contributed by atoms with Gasteiger partial charge in [0.15, 0.2) is 11.5 Å². The summed E-state index contributed by atoms with van der Waals surface area (Å²) in [5.74, 6) is 2.17. The van der Waals surface area contributed by atoms with Crippen molar-refractivity contribution in [1.29, 1.82) is 0 Å². The zero-order valence-corrected chi connectivity index (χ0v) is 11.8. The minimum atomic E-state index is 0.275. The highest BCUT2D eigenvalue weighted by Gasteiger charge is 2.16. The van der Waals surface area contributed by atoms with Crippen LogP contribution in [-0.2, 0) is 6.54 Å². The minimum Gasteiger partial charge on any atom is -0.454 e. The molecule has 0 bridgehead atoms. The van der Waals surface area contributed by atoms with E-state index in [-0.39, 0.29) is 6.79 Å². The fraction of sp³-hybridized carbons (Fsp3) is 0.400. The van der Waals surface area contributed by atoms with Crippen molar-refractivity contribution in [3.8, 4) is 22.8 Å². The van der Waals surface area contributed by atoms with Crippen molar-refractivity contribution in [1.82, 2.24) is 9.78 Å². The summed E-state index contributed by atoms with van der Waals surface area (Å²) in [7, 11) is 0. The van der Waals surface area contributed by atoms with Crippen LogP contribution in [0.3, 0.4) is 0 Å². The number of nitrogens with two attached hydrogens (primary N) is 1. The summed E-state index contributed by atoms with van der Waals surface area (Å²) in [6.07, 6.45) is 2.98. The molecule has 0 radical (unpaired) electrons. The molecule has 0 aliphatic carbocycles. The number of rotatable bonds is 4. The number of aryl methyl sites for hydroxylation is 1. The quantitative estimate of drug-likeness (QED) is 0.930. The lowest BCUT2D eigenvalue weighted by Gasteiger charge is -2.04. The SMILES string of the molecule is CC(C)CCn1cc(N)c(-c2ccc3c(c2)OCO3)n1. The van der Waals surface area contributed by atoms with Gasteiger partial charge in [0.1, 0.15) is 5.69 Å². The van der Waals surface area contributed by atoms with Gasteiger partial charge in [-0.15, -0.1) is 0 Å². The van der Waals surface area contributed by atoms with Gasteiger partial charge >= 0.3 is 0 Å². The first-order chi connectivity index (χ1) is 9.63. The predicted molar refractivity (Wildman–Crippen MR) is 77.7 cm³/mol. The van der Waals surface area contributed by atoms with Gasteiger partial charge in [-0.05, 0) is 30.5 Å². The highest BCUT2D eigenvalue weighted by Crippen LogP contribution is 2.36. The Morgan fingerprint density at radius 2 is 2.10 bits per heavy atom. The van der Waals surface area contributed by atoms with E-state index in [1.807, 2.05) is 29.1 Å². The number of hydrogen-bond donors (Lipinski definition) is 1. The maximum atomic E-state index is 6.07. The second kappa shape index (κ2) is 5.07. The molecule has 0 saturated heterocycles. The van der Waals surface area contributed by atoms with Crippen LogP contribution < -0.4 is 15.2 Å². The lowest BCUT2D eigenvalue weighted by molar-refractivity contribution is 0.174. The lowest BCUT2D eigenvalue weighted by atomic mass is 10.1. The first-order valence-electron chi connectivity index (χ1n) is 6.86. The molecular formula is C15H19N3O2. The molecule has 0 amide bonds. The average molecular weight is 273 g/mol. The molecule has 0 atom stereocenters. The van der Waals surface area contributed by atoms with Crippen LogP contribution in [0.5, 0.6) is 11.5 Å². The molecule has 2 heterocycles. The fourth-order valence-corrected chi connectivity index (χ4v) is 2.21. The van der Waals surface area contributed by atoms with Crippen LogP contribution in [-0.4, -0.2) is 16.6 Å². The van der Waals surface area contributed by atoms with Crippen LogP contribution in [0, 0.1) is 5.92 Å². The Hall–Kier alpha value is -2.17. The highest BCUT2D eigenvalue weighted by atomic mass is 16.7. The Morgan fingerprint density at radius 3 is 2.90 bits per heavy atom. The zero-order chi connectivity index (χ0) is 14.1. The van der Waals surface area contributed by atoms with Crippen molar-refractivity contribution in [3.63, 3.8) is 0 Å². The summed E-state index contributed by atoms with van der Waals surface area (Å²) in [6, 6.07) is 5.77. The number of anilines is 1. The molecule has 1 aliphatic rings. The van der Waals surface area contributed by atoms with Crippen molar-refractivity contribution in [2.24, 2.45) is 5.92 Å². The fourth-order valence-electron chi connectivity index (χ4n) is 2.21. The third kappa shape index (κ3) is 2.43. The molecule has 1 aliphatic heterocycles. The van der Waals surface area contributed by atoms with Crippen molar-refractivity contribution in [2.75, 3.05) is 12.5 Å². The van der Waals surface area contributed by atoms with Crippen LogP contribution in [0.15, 0.2) is 24.4 Å². The number of nitrogens with zero attached hydrogens (tertiary/aromatic N) is 2. The molecule has 5 heteroatoms. The third-order valence-electron chi connectivity index (χ3n) is 3.37. The Bertz CT molecular complexity index is 620. The van der Waals surface area contributed by atoms with E-state index in [0.29, 0.717) is 11.6 Å². The Balaban J connectivity index is 1.86. The largest absolute Gasteiger partial charge is 0.454 e. The maximum Gasteiger partial charge on any atom is 0.231 e. The van der Waals surface area contributed by atoms with Crippen LogP contribution in [0.25, 0.3) is 11.3 Å². The number of ether oxygens (including phenoxy) is 2. The van der Waals surface area contributed by atoms with E-state index in [2.05, 4.69) is 18.9 Å². The standard InChI is InChI=1S/C15H19N3O2/c1-10(2)5-6-18-8-12(16)15(17-18)11-3-4-13-14(7-11)20-9-19-13/h3-4,7-8,10H,5-6,9,16H2,1-2H3. The van der Waals surface area contributed by atoms with Gasteiger partial charge in [0.05, 0.1) is 5.69 Å². The second-order valence-corrected chi connectivity index (χ2v) is 5.45. The Labute approximate surface area is 118 Å². The molecule has 1 aromatic carbocycles. The van der Waals surface area contributed by atoms with E-state index in [4.69, 9.17) is 15.2 Å². The van der Waals surface area contributed by atoms with Crippen LogP contribution in [0.2, 0.25) is 0 Å².